The van der Waals surface area contributed by atoms with E-state index >= 15 is 0 Å². The van der Waals surface area contributed by atoms with Gasteiger partial charge in [0.15, 0.2) is 0 Å². The Kier molecular flexibility index (Phi) is 4.88. The highest BCUT2D eigenvalue weighted by atomic mass is 14.2. The van der Waals surface area contributed by atoms with E-state index in [2.05, 4.69) is 13.8 Å². The maximum absolute atomic E-state index is 2.38. The van der Waals surface area contributed by atoms with Gasteiger partial charge in [-0.3, -0.25) is 0 Å². The van der Waals surface area contributed by atoms with Crippen LogP contribution in [0.3, 0.4) is 0 Å². The third kappa shape index (κ3) is 3.72. The maximum Gasteiger partial charge on any atom is -0.0283 e. The molecule has 2 rings (SSSR count). The minimum absolute atomic E-state index is 1.32. The van der Waals surface area contributed by atoms with Crippen molar-refractivity contribution in [2.24, 2.45) is 0 Å². The summed E-state index contributed by atoms with van der Waals surface area (Å²) in [4.78, 5) is 0. The van der Waals surface area contributed by atoms with Gasteiger partial charge < -0.3 is 0 Å². The fourth-order valence-electron chi connectivity index (χ4n) is 3.36. The van der Waals surface area contributed by atoms with E-state index in [0.29, 0.717) is 0 Å². The molecule has 2 fully saturated rings. The SMILES string of the molecule is CC(CCC(C)=C1CCCC1)=C1CCCCC1. The first-order valence-electron chi connectivity index (χ1n) is 7.62. The summed E-state index contributed by atoms with van der Waals surface area (Å²) in [6, 6.07) is 0. The van der Waals surface area contributed by atoms with E-state index in [0.717, 1.165) is 0 Å². The largest absolute Gasteiger partial charge is 0.0738 e. The molecule has 0 heterocycles. The lowest BCUT2D eigenvalue weighted by atomic mass is 9.89. The van der Waals surface area contributed by atoms with Gasteiger partial charge in [-0.1, -0.05) is 28.7 Å². The number of hydrogen-bond acceptors (Lipinski definition) is 0. The predicted octanol–water partition coefficient (Wildman–Crippen LogP) is 5.94. The molecule has 17 heavy (non-hydrogen) atoms. The van der Waals surface area contributed by atoms with Crippen LogP contribution in [0, 0.1) is 0 Å². The lowest BCUT2D eigenvalue weighted by Crippen LogP contribution is -1.97. The van der Waals surface area contributed by atoms with Crippen LogP contribution in [-0.2, 0) is 0 Å². The summed E-state index contributed by atoms with van der Waals surface area (Å²) in [6.07, 6.45) is 15.4. The standard InChI is InChI=1S/C17H28/c1-14(16-8-4-3-5-9-16)12-13-15(2)17-10-6-7-11-17/h3-13H2,1-2H3. The zero-order valence-corrected chi connectivity index (χ0v) is 11.8. The van der Waals surface area contributed by atoms with Crippen LogP contribution in [-0.4, -0.2) is 0 Å². The molecule has 2 aliphatic rings. The quantitative estimate of drug-likeness (QED) is 0.528. The molecule has 0 bridgehead atoms. The lowest BCUT2D eigenvalue weighted by molar-refractivity contribution is 0.589. The molecular weight excluding hydrogens is 204 g/mol. The molecule has 0 N–H and O–H groups in total. The van der Waals surface area contributed by atoms with Crippen molar-refractivity contribution < 1.29 is 0 Å². The second kappa shape index (κ2) is 6.42. The van der Waals surface area contributed by atoms with Crippen LogP contribution in [0.25, 0.3) is 0 Å². The average Bonchev–Trinajstić information content (AvgIpc) is 2.90. The third-order valence-corrected chi connectivity index (χ3v) is 4.75. The van der Waals surface area contributed by atoms with E-state index in [1.165, 1.54) is 70.6 Å². The lowest BCUT2D eigenvalue weighted by Gasteiger charge is -2.17. The molecule has 0 radical (unpaired) electrons. The Morgan fingerprint density at radius 3 is 1.41 bits per heavy atom. The molecule has 2 saturated carbocycles. The first-order chi connectivity index (χ1) is 8.27. The molecule has 0 heteroatoms. The van der Waals surface area contributed by atoms with Crippen LogP contribution in [0.1, 0.15) is 84.5 Å². The maximum atomic E-state index is 2.38. The molecule has 0 aromatic rings. The van der Waals surface area contributed by atoms with Crippen LogP contribution in [0.2, 0.25) is 0 Å². The average molecular weight is 232 g/mol. The topological polar surface area (TPSA) is 0 Å². The molecule has 0 aromatic carbocycles. The second-order valence-electron chi connectivity index (χ2n) is 6.04. The van der Waals surface area contributed by atoms with Crippen molar-refractivity contribution in [3.8, 4) is 0 Å². The molecule has 96 valence electrons. The van der Waals surface area contributed by atoms with E-state index in [1.807, 2.05) is 0 Å². The summed E-state index contributed by atoms with van der Waals surface area (Å²) in [5, 5.41) is 0. The van der Waals surface area contributed by atoms with E-state index < -0.39 is 0 Å². The van der Waals surface area contributed by atoms with Gasteiger partial charge in [0.25, 0.3) is 0 Å². The highest BCUT2D eigenvalue weighted by Gasteiger charge is 2.11. The summed E-state index contributed by atoms with van der Waals surface area (Å²) in [5.74, 6) is 0. The molecule has 0 saturated heterocycles. The minimum Gasteiger partial charge on any atom is -0.0738 e. The highest BCUT2D eigenvalue weighted by molar-refractivity contribution is 5.19. The summed E-state index contributed by atoms with van der Waals surface area (Å²) in [5.41, 5.74) is 6.99. The van der Waals surface area contributed by atoms with Gasteiger partial charge in [0.2, 0.25) is 0 Å². The zero-order valence-electron chi connectivity index (χ0n) is 11.8. The zero-order chi connectivity index (χ0) is 12.1. The van der Waals surface area contributed by atoms with Gasteiger partial charge in [-0.15, -0.1) is 0 Å². The Morgan fingerprint density at radius 2 is 1.00 bits per heavy atom. The first kappa shape index (κ1) is 12.9. The van der Waals surface area contributed by atoms with E-state index in [4.69, 9.17) is 0 Å². The fourth-order valence-corrected chi connectivity index (χ4v) is 3.36. The minimum atomic E-state index is 1.32. The van der Waals surface area contributed by atoms with Crippen LogP contribution in [0.4, 0.5) is 0 Å². The van der Waals surface area contributed by atoms with Gasteiger partial charge in [-0.2, -0.15) is 0 Å². The number of rotatable bonds is 3. The molecule has 0 atom stereocenters. The van der Waals surface area contributed by atoms with Crippen LogP contribution < -0.4 is 0 Å². The molecule has 0 unspecified atom stereocenters. The summed E-state index contributed by atoms with van der Waals surface area (Å²) < 4.78 is 0. The van der Waals surface area contributed by atoms with Gasteiger partial charge in [0, 0.05) is 0 Å². The second-order valence-corrected chi connectivity index (χ2v) is 6.04. The van der Waals surface area contributed by atoms with Crippen molar-refractivity contribution in [2.75, 3.05) is 0 Å². The molecule has 0 aliphatic heterocycles. The van der Waals surface area contributed by atoms with Crippen molar-refractivity contribution in [2.45, 2.75) is 84.5 Å². The Morgan fingerprint density at radius 1 is 0.647 bits per heavy atom. The Hall–Kier alpha value is -0.520. The monoisotopic (exact) mass is 232 g/mol. The highest BCUT2D eigenvalue weighted by Crippen LogP contribution is 2.31. The molecule has 0 aromatic heterocycles. The Labute approximate surface area is 107 Å². The summed E-state index contributed by atoms with van der Waals surface area (Å²) in [7, 11) is 0. The fraction of sp³-hybridized carbons (Fsp3) is 0.765. The van der Waals surface area contributed by atoms with Crippen molar-refractivity contribution >= 4 is 0 Å². The smallest absolute Gasteiger partial charge is 0.0283 e. The first-order valence-corrected chi connectivity index (χ1v) is 7.62. The van der Waals surface area contributed by atoms with Gasteiger partial charge in [0.05, 0.1) is 0 Å². The van der Waals surface area contributed by atoms with Crippen LogP contribution >= 0.6 is 0 Å². The molecule has 0 spiro atoms. The van der Waals surface area contributed by atoms with Crippen molar-refractivity contribution in [1.29, 1.82) is 0 Å². The van der Waals surface area contributed by atoms with Crippen LogP contribution in [0.5, 0.6) is 0 Å². The van der Waals surface area contributed by atoms with Gasteiger partial charge in [-0.05, 0) is 78.1 Å². The van der Waals surface area contributed by atoms with E-state index in [-0.39, 0.29) is 0 Å². The summed E-state index contributed by atoms with van der Waals surface area (Å²) in [6.45, 7) is 4.76. The van der Waals surface area contributed by atoms with Gasteiger partial charge >= 0.3 is 0 Å². The number of hydrogen-bond donors (Lipinski definition) is 0. The molecular formula is C17H28. The summed E-state index contributed by atoms with van der Waals surface area (Å²) >= 11 is 0. The number of allylic oxidation sites excluding steroid dienone is 4. The van der Waals surface area contributed by atoms with E-state index in [1.54, 1.807) is 22.3 Å². The van der Waals surface area contributed by atoms with Crippen molar-refractivity contribution in [1.82, 2.24) is 0 Å². The Bertz CT molecular complexity index is 301. The Balaban J connectivity index is 1.86. The molecule has 0 amide bonds. The molecule has 2 aliphatic carbocycles. The van der Waals surface area contributed by atoms with Gasteiger partial charge in [0.1, 0.15) is 0 Å². The third-order valence-electron chi connectivity index (χ3n) is 4.75. The van der Waals surface area contributed by atoms with E-state index in [9.17, 15) is 0 Å². The predicted molar refractivity (Wildman–Crippen MR) is 76.2 cm³/mol. The molecule has 0 nitrogen and oxygen atoms in total. The van der Waals surface area contributed by atoms with Crippen LogP contribution in [0.15, 0.2) is 22.3 Å². The van der Waals surface area contributed by atoms with Gasteiger partial charge in [-0.25, -0.2) is 0 Å². The van der Waals surface area contributed by atoms with Crippen molar-refractivity contribution in [3.63, 3.8) is 0 Å². The van der Waals surface area contributed by atoms with Crippen molar-refractivity contribution in [3.05, 3.63) is 22.3 Å². The normalized spacial score (nSPS) is 20.8.